The van der Waals surface area contributed by atoms with Gasteiger partial charge in [-0.1, -0.05) is 30.3 Å². The molecule has 3 nitrogen and oxygen atoms in total. The zero-order chi connectivity index (χ0) is 13.7. The molecule has 0 aliphatic heterocycles. The molecule has 0 atom stereocenters. The lowest BCUT2D eigenvalue weighted by atomic mass is 10.0. The summed E-state index contributed by atoms with van der Waals surface area (Å²) >= 11 is 0. The second-order valence-electron chi connectivity index (χ2n) is 4.24. The molecule has 0 heterocycles. The van der Waals surface area contributed by atoms with Crippen molar-refractivity contribution in [2.24, 2.45) is 0 Å². The summed E-state index contributed by atoms with van der Waals surface area (Å²) in [6.45, 7) is 4.26. The van der Waals surface area contributed by atoms with E-state index >= 15 is 0 Å². The highest BCUT2D eigenvalue weighted by atomic mass is 16.5. The summed E-state index contributed by atoms with van der Waals surface area (Å²) in [5.74, 6) is -0.195. The van der Waals surface area contributed by atoms with Gasteiger partial charge < -0.3 is 9.84 Å². The molecule has 0 saturated carbocycles. The van der Waals surface area contributed by atoms with Crippen molar-refractivity contribution in [3.05, 3.63) is 54.6 Å². The third kappa shape index (κ3) is 2.94. The van der Waals surface area contributed by atoms with E-state index in [-0.39, 0.29) is 0 Å². The molecule has 2 aromatic carbocycles. The highest BCUT2D eigenvalue weighted by Crippen LogP contribution is 2.28. The van der Waals surface area contributed by atoms with Gasteiger partial charge in [-0.25, -0.2) is 4.79 Å². The summed E-state index contributed by atoms with van der Waals surface area (Å²) in [7, 11) is 0. The number of carbonyl (C=O) groups is 1. The lowest BCUT2D eigenvalue weighted by Crippen LogP contribution is -2.01. The molecule has 0 fully saturated rings. The maximum Gasteiger partial charge on any atom is 0.336 e. The molecule has 3 heteroatoms. The van der Waals surface area contributed by atoms with Gasteiger partial charge in [-0.15, -0.1) is 6.58 Å². The Morgan fingerprint density at radius 1 is 1.21 bits per heavy atom. The Morgan fingerprint density at radius 2 is 1.95 bits per heavy atom. The van der Waals surface area contributed by atoms with Gasteiger partial charge in [0, 0.05) is 5.39 Å². The van der Waals surface area contributed by atoms with Gasteiger partial charge in [0.25, 0.3) is 0 Å². The van der Waals surface area contributed by atoms with Crippen molar-refractivity contribution in [3.8, 4) is 5.75 Å². The van der Waals surface area contributed by atoms with E-state index in [1.165, 1.54) is 0 Å². The van der Waals surface area contributed by atoms with Crippen LogP contribution in [0.3, 0.4) is 0 Å². The van der Waals surface area contributed by atoms with Crippen LogP contribution in [0.25, 0.3) is 10.8 Å². The van der Waals surface area contributed by atoms with Gasteiger partial charge in [0.1, 0.15) is 5.75 Å². The van der Waals surface area contributed by atoms with Crippen LogP contribution in [0.15, 0.2) is 49.1 Å². The SMILES string of the molecule is C=CCCCOc1ccc(C(=O)O)c2ccccc12. The third-order valence-corrected chi connectivity index (χ3v) is 2.92. The van der Waals surface area contributed by atoms with Gasteiger partial charge in [-0.2, -0.15) is 0 Å². The van der Waals surface area contributed by atoms with Gasteiger partial charge >= 0.3 is 5.97 Å². The number of carboxylic acids is 1. The first-order valence-electron chi connectivity index (χ1n) is 6.23. The molecule has 0 aliphatic carbocycles. The van der Waals surface area contributed by atoms with E-state index in [2.05, 4.69) is 6.58 Å². The number of fused-ring (bicyclic) bond motifs is 1. The van der Waals surface area contributed by atoms with E-state index in [4.69, 9.17) is 9.84 Å². The smallest absolute Gasteiger partial charge is 0.336 e. The van der Waals surface area contributed by atoms with E-state index in [1.54, 1.807) is 18.2 Å². The summed E-state index contributed by atoms with van der Waals surface area (Å²) in [5.41, 5.74) is 0.300. The van der Waals surface area contributed by atoms with E-state index in [0.717, 1.165) is 24.0 Å². The van der Waals surface area contributed by atoms with Crippen molar-refractivity contribution in [2.75, 3.05) is 6.61 Å². The van der Waals surface area contributed by atoms with Crippen LogP contribution in [0, 0.1) is 0 Å². The average Bonchev–Trinajstić information content (AvgIpc) is 2.43. The summed E-state index contributed by atoms with van der Waals surface area (Å²) in [6.07, 6.45) is 3.67. The Morgan fingerprint density at radius 3 is 2.63 bits per heavy atom. The monoisotopic (exact) mass is 256 g/mol. The predicted molar refractivity (Wildman–Crippen MR) is 75.8 cm³/mol. The van der Waals surface area contributed by atoms with E-state index in [0.29, 0.717) is 17.6 Å². The zero-order valence-electron chi connectivity index (χ0n) is 10.6. The third-order valence-electron chi connectivity index (χ3n) is 2.92. The molecule has 2 aromatic rings. The molecular formula is C16H16O3. The molecule has 1 N–H and O–H groups in total. The van der Waals surface area contributed by atoms with Crippen molar-refractivity contribution in [2.45, 2.75) is 12.8 Å². The Kier molecular flexibility index (Phi) is 4.18. The van der Waals surface area contributed by atoms with Crippen LogP contribution < -0.4 is 4.74 Å². The molecule has 0 unspecified atom stereocenters. The molecule has 0 saturated heterocycles. The highest BCUT2D eigenvalue weighted by Gasteiger charge is 2.11. The molecule has 98 valence electrons. The van der Waals surface area contributed by atoms with Crippen molar-refractivity contribution in [1.29, 1.82) is 0 Å². The number of unbranched alkanes of at least 4 members (excludes halogenated alkanes) is 1. The minimum Gasteiger partial charge on any atom is -0.493 e. The van der Waals surface area contributed by atoms with Crippen molar-refractivity contribution >= 4 is 16.7 Å². The second-order valence-corrected chi connectivity index (χ2v) is 4.24. The number of carboxylic acid groups (broad SMARTS) is 1. The molecule has 2 rings (SSSR count). The fourth-order valence-electron chi connectivity index (χ4n) is 1.99. The van der Waals surface area contributed by atoms with Gasteiger partial charge in [-0.3, -0.25) is 0 Å². The first-order chi connectivity index (χ1) is 9.24. The van der Waals surface area contributed by atoms with Crippen LogP contribution in [0.4, 0.5) is 0 Å². The topological polar surface area (TPSA) is 46.5 Å². The lowest BCUT2D eigenvalue weighted by Gasteiger charge is -2.10. The van der Waals surface area contributed by atoms with Crippen LogP contribution in [0.5, 0.6) is 5.75 Å². The molecule has 0 amide bonds. The largest absolute Gasteiger partial charge is 0.493 e. The summed E-state index contributed by atoms with van der Waals surface area (Å²) in [4.78, 5) is 11.2. The van der Waals surface area contributed by atoms with Crippen molar-refractivity contribution < 1.29 is 14.6 Å². The second kappa shape index (κ2) is 6.05. The summed E-state index contributed by atoms with van der Waals surface area (Å²) < 4.78 is 5.72. The summed E-state index contributed by atoms with van der Waals surface area (Å²) in [6, 6.07) is 10.7. The number of hydrogen-bond acceptors (Lipinski definition) is 2. The standard InChI is InChI=1S/C16H16O3/c1-2-3-6-11-19-15-10-9-14(16(17)18)12-7-4-5-8-13(12)15/h2,4-5,7-10H,1,3,6,11H2,(H,17,18). The van der Waals surface area contributed by atoms with Crippen LogP contribution in [-0.2, 0) is 0 Å². The quantitative estimate of drug-likeness (QED) is 0.630. The van der Waals surface area contributed by atoms with E-state index < -0.39 is 5.97 Å². The van der Waals surface area contributed by atoms with Crippen molar-refractivity contribution in [3.63, 3.8) is 0 Å². The molecule has 0 bridgehead atoms. The zero-order valence-corrected chi connectivity index (χ0v) is 10.6. The average molecular weight is 256 g/mol. The molecule has 0 aromatic heterocycles. The molecule has 0 aliphatic rings. The van der Waals surface area contributed by atoms with E-state index in [9.17, 15) is 4.79 Å². The minimum atomic E-state index is -0.922. The number of allylic oxidation sites excluding steroid dienone is 1. The number of rotatable bonds is 6. The van der Waals surface area contributed by atoms with Crippen molar-refractivity contribution in [1.82, 2.24) is 0 Å². The Hall–Kier alpha value is -2.29. The van der Waals surface area contributed by atoms with Crippen LogP contribution in [0.1, 0.15) is 23.2 Å². The van der Waals surface area contributed by atoms with Gasteiger partial charge in [0.2, 0.25) is 0 Å². The number of aromatic carboxylic acids is 1. The maximum atomic E-state index is 11.2. The normalized spacial score (nSPS) is 10.3. The van der Waals surface area contributed by atoms with Crippen LogP contribution >= 0.6 is 0 Å². The molecule has 19 heavy (non-hydrogen) atoms. The Balaban J connectivity index is 2.33. The van der Waals surface area contributed by atoms with Gasteiger partial charge in [0.05, 0.1) is 12.2 Å². The fraction of sp³-hybridized carbons (Fsp3) is 0.188. The lowest BCUT2D eigenvalue weighted by molar-refractivity contribution is 0.0699. The number of ether oxygens (including phenoxy) is 1. The van der Waals surface area contributed by atoms with Crippen LogP contribution in [-0.4, -0.2) is 17.7 Å². The Labute approximate surface area is 112 Å². The van der Waals surface area contributed by atoms with E-state index in [1.807, 2.05) is 24.3 Å². The number of hydrogen-bond donors (Lipinski definition) is 1. The first-order valence-corrected chi connectivity index (χ1v) is 6.23. The molecule has 0 spiro atoms. The minimum absolute atomic E-state index is 0.300. The summed E-state index contributed by atoms with van der Waals surface area (Å²) in [5, 5.41) is 10.7. The fourth-order valence-corrected chi connectivity index (χ4v) is 1.99. The van der Waals surface area contributed by atoms with Gasteiger partial charge in [0.15, 0.2) is 0 Å². The molecule has 0 radical (unpaired) electrons. The van der Waals surface area contributed by atoms with Crippen LogP contribution in [0.2, 0.25) is 0 Å². The number of benzene rings is 2. The predicted octanol–water partition coefficient (Wildman–Crippen LogP) is 3.88. The highest BCUT2D eigenvalue weighted by molar-refractivity contribution is 6.05. The maximum absolute atomic E-state index is 11.2. The first kappa shape index (κ1) is 13.1. The molecular weight excluding hydrogens is 240 g/mol. The van der Waals surface area contributed by atoms with Gasteiger partial charge in [-0.05, 0) is 30.4 Å². The Bertz CT molecular complexity index is 602.